The lowest BCUT2D eigenvalue weighted by Crippen LogP contribution is -1.75. The van der Waals surface area contributed by atoms with Gasteiger partial charge in [-0.3, -0.25) is 0 Å². The fraction of sp³-hybridized carbons (Fsp3) is 0. The summed E-state index contributed by atoms with van der Waals surface area (Å²) in [5.74, 6) is 0.267. The van der Waals surface area contributed by atoms with E-state index in [2.05, 4.69) is 24.3 Å². The van der Waals surface area contributed by atoms with Gasteiger partial charge in [0.1, 0.15) is 15.8 Å². The van der Waals surface area contributed by atoms with Gasteiger partial charge in [0.2, 0.25) is 0 Å². The van der Waals surface area contributed by atoms with Crippen LogP contribution in [0.1, 0.15) is 0 Å². The standard InChI is InChI=1S/C20H12N2OS2/c23-14-8-6-13(7-9-14)20-22-16-11-17-15(10-18(16)25-20)21-19(24-17)12-4-2-1-3-5-12/h1-11,23H. The molecule has 0 unspecified atom stereocenters. The minimum Gasteiger partial charge on any atom is -0.508 e. The zero-order valence-corrected chi connectivity index (χ0v) is 14.6. The molecule has 5 aromatic rings. The maximum absolute atomic E-state index is 9.44. The number of aromatic nitrogens is 2. The number of rotatable bonds is 2. The van der Waals surface area contributed by atoms with Crippen molar-refractivity contribution in [3.8, 4) is 26.9 Å². The van der Waals surface area contributed by atoms with Crippen LogP contribution in [0.2, 0.25) is 0 Å². The molecule has 2 heterocycles. The van der Waals surface area contributed by atoms with E-state index in [1.807, 2.05) is 30.3 Å². The van der Waals surface area contributed by atoms with Crippen LogP contribution in [0, 0.1) is 0 Å². The van der Waals surface area contributed by atoms with E-state index in [1.54, 1.807) is 34.8 Å². The molecule has 0 atom stereocenters. The van der Waals surface area contributed by atoms with Gasteiger partial charge in [-0.05, 0) is 36.4 Å². The molecule has 0 aliphatic rings. The lowest BCUT2D eigenvalue weighted by Gasteiger charge is -1.95. The van der Waals surface area contributed by atoms with Gasteiger partial charge >= 0.3 is 0 Å². The fourth-order valence-electron chi connectivity index (χ4n) is 2.78. The average molecular weight is 360 g/mol. The van der Waals surface area contributed by atoms with E-state index in [1.165, 1.54) is 0 Å². The number of phenolic OH excluding ortho intramolecular Hbond substituents is 1. The predicted octanol–water partition coefficient (Wildman–Crippen LogP) is 5.95. The number of fused-ring (bicyclic) bond motifs is 2. The number of thiazole rings is 2. The second kappa shape index (κ2) is 5.65. The molecule has 0 aliphatic carbocycles. The van der Waals surface area contributed by atoms with Crippen LogP contribution < -0.4 is 0 Å². The summed E-state index contributed by atoms with van der Waals surface area (Å²) in [5.41, 5.74) is 4.16. The average Bonchev–Trinajstić information content (AvgIpc) is 3.24. The predicted molar refractivity (Wildman–Crippen MR) is 105 cm³/mol. The molecule has 0 radical (unpaired) electrons. The molecule has 0 fully saturated rings. The van der Waals surface area contributed by atoms with E-state index >= 15 is 0 Å². The Morgan fingerprint density at radius 1 is 0.640 bits per heavy atom. The minimum atomic E-state index is 0.267. The fourth-order valence-corrected chi connectivity index (χ4v) is 4.75. The maximum atomic E-state index is 9.44. The summed E-state index contributed by atoms with van der Waals surface area (Å²) in [5, 5.41) is 11.4. The highest BCUT2D eigenvalue weighted by Crippen LogP contribution is 2.36. The van der Waals surface area contributed by atoms with Crippen molar-refractivity contribution in [2.75, 3.05) is 0 Å². The van der Waals surface area contributed by atoms with Crippen LogP contribution in [-0.2, 0) is 0 Å². The van der Waals surface area contributed by atoms with Gasteiger partial charge < -0.3 is 5.11 Å². The normalized spacial score (nSPS) is 11.4. The van der Waals surface area contributed by atoms with Crippen molar-refractivity contribution in [2.24, 2.45) is 0 Å². The van der Waals surface area contributed by atoms with E-state index < -0.39 is 0 Å². The van der Waals surface area contributed by atoms with Crippen molar-refractivity contribution in [1.82, 2.24) is 9.97 Å². The van der Waals surface area contributed by atoms with Crippen LogP contribution >= 0.6 is 22.7 Å². The topological polar surface area (TPSA) is 46.0 Å². The summed E-state index contributed by atoms with van der Waals surface area (Å²) in [6.45, 7) is 0. The van der Waals surface area contributed by atoms with E-state index in [0.29, 0.717) is 0 Å². The zero-order chi connectivity index (χ0) is 16.8. The molecule has 0 bridgehead atoms. The van der Waals surface area contributed by atoms with Crippen LogP contribution in [-0.4, -0.2) is 15.1 Å². The summed E-state index contributed by atoms with van der Waals surface area (Å²) in [6, 6.07) is 21.6. The SMILES string of the molecule is Oc1ccc(-c2nc3cc4sc(-c5ccccc5)nc4cc3s2)cc1. The number of benzene rings is 3. The largest absolute Gasteiger partial charge is 0.508 e. The monoisotopic (exact) mass is 360 g/mol. The molecular weight excluding hydrogens is 348 g/mol. The van der Waals surface area contributed by atoms with E-state index in [9.17, 15) is 5.11 Å². The molecule has 5 heteroatoms. The number of hydrogen-bond donors (Lipinski definition) is 1. The summed E-state index contributed by atoms with van der Waals surface area (Å²) in [4.78, 5) is 9.55. The Labute approximate surface area is 151 Å². The van der Waals surface area contributed by atoms with E-state index in [4.69, 9.17) is 9.97 Å². The van der Waals surface area contributed by atoms with Gasteiger partial charge in [0, 0.05) is 11.1 Å². The number of aromatic hydroxyl groups is 1. The number of nitrogens with zero attached hydrogens (tertiary/aromatic N) is 2. The Hall–Kier alpha value is -2.76. The molecule has 1 N–H and O–H groups in total. The Kier molecular flexibility index (Phi) is 3.29. The molecule has 0 amide bonds. The quantitative estimate of drug-likeness (QED) is 0.423. The highest BCUT2D eigenvalue weighted by atomic mass is 32.1. The Morgan fingerprint density at radius 2 is 1.16 bits per heavy atom. The Morgan fingerprint density at radius 3 is 1.72 bits per heavy atom. The van der Waals surface area contributed by atoms with Gasteiger partial charge in [0.05, 0.1) is 20.4 Å². The first-order valence-electron chi connectivity index (χ1n) is 7.82. The van der Waals surface area contributed by atoms with E-state index in [-0.39, 0.29) is 5.75 Å². The van der Waals surface area contributed by atoms with Gasteiger partial charge in [-0.15, -0.1) is 22.7 Å². The third kappa shape index (κ3) is 2.58. The van der Waals surface area contributed by atoms with Crippen molar-refractivity contribution in [3.05, 3.63) is 66.7 Å². The molecule has 5 rings (SSSR count). The maximum Gasteiger partial charge on any atom is 0.124 e. The first-order chi connectivity index (χ1) is 12.3. The molecule has 0 spiro atoms. The number of phenols is 1. The first kappa shape index (κ1) is 14.6. The van der Waals surface area contributed by atoms with Gasteiger partial charge in [-0.1, -0.05) is 30.3 Å². The third-order valence-corrected chi connectivity index (χ3v) is 6.17. The van der Waals surface area contributed by atoms with Crippen molar-refractivity contribution in [3.63, 3.8) is 0 Å². The lowest BCUT2D eigenvalue weighted by molar-refractivity contribution is 0.475. The molecule has 2 aromatic heterocycles. The third-order valence-electron chi connectivity index (χ3n) is 4.03. The van der Waals surface area contributed by atoms with Gasteiger partial charge in [0.15, 0.2) is 0 Å². The first-order valence-corrected chi connectivity index (χ1v) is 9.45. The minimum absolute atomic E-state index is 0.267. The van der Waals surface area contributed by atoms with Crippen molar-refractivity contribution < 1.29 is 5.11 Å². The molecule has 120 valence electrons. The van der Waals surface area contributed by atoms with Gasteiger partial charge in [0.25, 0.3) is 0 Å². The highest BCUT2D eigenvalue weighted by Gasteiger charge is 2.11. The smallest absolute Gasteiger partial charge is 0.124 e. The number of hydrogen-bond acceptors (Lipinski definition) is 5. The Balaban J connectivity index is 1.62. The summed E-state index contributed by atoms with van der Waals surface area (Å²) >= 11 is 3.34. The second-order valence-corrected chi connectivity index (χ2v) is 7.80. The van der Waals surface area contributed by atoms with Crippen molar-refractivity contribution in [1.29, 1.82) is 0 Å². The second-order valence-electron chi connectivity index (χ2n) is 5.74. The molecule has 3 nitrogen and oxygen atoms in total. The van der Waals surface area contributed by atoms with Gasteiger partial charge in [-0.25, -0.2) is 9.97 Å². The van der Waals surface area contributed by atoms with Crippen LogP contribution in [0.4, 0.5) is 0 Å². The van der Waals surface area contributed by atoms with Crippen LogP contribution in [0.3, 0.4) is 0 Å². The molecule has 3 aromatic carbocycles. The molecule has 0 saturated heterocycles. The summed E-state index contributed by atoms with van der Waals surface area (Å²) in [6.07, 6.45) is 0. The molecule has 0 saturated carbocycles. The zero-order valence-electron chi connectivity index (χ0n) is 13.0. The molecule has 25 heavy (non-hydrogen) atoms. The molecular formula is C20H12N2OS2. The Bertz CT molecular complexity index is 1140. The van der Waals surface area contributed by atoms with Crippen LogP contribution in [0.5, 0.6) is 5.75 Å². The summed E-state index contributed by atoms with van der Waals surface area (Å²) < 4.78 is 2.27. The molecule has 0 aliphatic heterocycles. The lowest BCUT2D eigenvalue weighted by atomic mass is 10.2. The highest BCUT2D eigenvalue weighted by molar-refractivity contribution is 7.23. The van der Waals surface area contributed by atoms with Gasteiger partial charge in [-0.2, -0.15) is 0 Å². The van der Waals surface area contributed by atoms with Crippen LogP contribution in [0.25, 0.3) is 41.6 Å². The van der Waals surface area contributed by atoms with Crippen LogP contribution in [0.15, 0.2) is 66.7 Å². The van der Waals surface area contributed by atoms with Crippen molar-refractivity contribution >= 4 is 43.1 Å². The summed E-state index contributed by atoms with van der Waals surface area (Å²) in [7, 11) is 0. The van der Waals surface area contributed by atoms with Crippen molar-refractivity contribution in [2.45, 2.75) is 0 Å². The van der Waals surface area contributed by atoms with E-state index in [0.717, 1.165) is 41.6 Å².